The van der Waals surface area contributed by atoms with Gasteiger partial charge in [-0.25, -0.2) is 0 Å². The molecule has 0 N–H and O–H groups in total. The second kappa shape index (κ2) is 12.3. The monoisotopic (exact) mass is 534 g/mol. The minimum atomic E-state index is -2.39. The van der Waals surface area contributed by atoms with Crippen LogP contribution in [-0.4, -0.2) is 36.7 Å². The van der Waals surface area contributed by atoms with Crippen LogP contribution in [0.3, 0.4) is 0 Å². The third-order valence-corrected chi connectivity index (χ3v) is 22.9. The van der Waals surface area contributed by atoms with Crippen molar-refractivity contribution in [1.82, 2.24) is 0 Å². The average molecular weight is 533 g/mol. The van der Waals surface area contributed by atoms with Crippen molar-refractivity contribution in [2.45, 2.75) is 116 Å². The summed E-state index contributed by atoms with van der Waals surface area (Å²) in [6.07, 6.45) is 10.5. The van der Waals surface area contributed by atoms with Crippen LogP contribution < -0.4 is 0 Å². The van der Waals surface area contributed by atoms with Crippen molar-refractivity contribution in [2.24, 2.45) is 0 Å². The topological polar surface area (TPSA) is 18.5 Å². The van der Waals surface area contributed by atoms with Gasteiger partial charge in [-0.15, -0.1) is 0 Å². The quantitative estimate of drug-likeness (QED) is 0.237. The van der Waals surface area contributed by atoms with Gasteiger partial charge in [-0.2, -0.15) is 0 Å². The first kappa shape index (κ1) is 27.0. The summed E-state index contributed by atoms with van der Waals surface area (Å²) >= 11 is -2.39. The fraction of sp³-hybridized carbons (Fsp3) is 0.704. The summed E-state index contributed by atoms with van der Waals surface area (Å²) in [5, 5.41) is 0. The molecule has 0 atom stereocenters. The van der Waals surface area contributed by atoms with E-state index >= 15 is 0 Å². The molecule has 0 radical (unpaired) electrons. The van der Waals surface area contributed by atoms with Crippen molar-refractivity contribution in [3.05, 3.63) is 41.4 Å². The zero-order valence-corrected chi connectivity index (χ0v) is 24.3. The summed E-state index contributed by atoms with van der Waals surface area (Å²) in [6.45, 7) is 15.8. The van der Waals surface area contributed by atoms with Crippen LogP contribution in [-0.2, 0) is 9.31 Å². The second-order valence-electron chi connectivity index (χ2n) is 10.7. The predicted octanol–water partition coefficient (Wildman–Crippen LogP) is 8.55. The summed E-state index contributed by atoms with van der Waals surface area (Å²) in [6, 6.07) is 10.8. The molecule has 174 valence electrons. The number of unbranched alkanes of at least 4 members (excludes halogenated alkanes) is 3. The Morgan fingerprint density at radius 1 is 0.806 bits per heavy atom. The molecule has 2 nitrogen and oxygen atoms in total. The third-order valence-electron chi connectivity index (χ3n) is 7.47. The Balaban J connectivity index is 2.43. The van der Waals surface area contributed by atoms with E-state index in [1.807, 2.05) is 0 Å². The zero-order chi connectivity index (χ0) is 23.0. The molecule has 1 heterocycles. The molecule has 1 fully saturated rings. The average Bonchev–Trinajstić information content (AvgIpc) is 2.96. The van der Waals surface area contributed by atoms with Crippen LogP contribution in [0.25, 0.3) is 6.08 Å². The fourth-order valence-electron chi connectivity index (χ4n) is 4.69. The van der Waals surface area contributed by atoms with Crippen LogP contribution in [0.15, 0.2) is 35.8 Å². The summed E-state index contributed by atoms with van der Waals surface area (Å²) in [5.74, 6) is 0. The second-order valence-corrected chi connectivity index (χ2v) is 24.6. The van der Waals surface area contributed by atoms with Crippen molar-refractivity contribution < 1.29 is 9.31 Å². The molecular formula is C27H47BO2Sn. The van der Waals surface area contributed by atoms with Crippen LogP contribution in [0.4, 0.5) is 0 Å². The van der Waals surface area contributed by atoms with Crippen LogP contribution in [0.5, 0.6) is 0 Å². The number of benzene rings is 1. The maximum atomic E-state index is 6.60. The summed E-state index contributed by atoms with van der Waals surface area (Å²) in [5.41, 5.74) is 2.10. The van der Waals surface area contributed by atoms with E-state index in [9.17, 15) is 0 Å². The van der Waals surface area contributed by atoms with Crippen LogP contribution >= 0.6 is 0 Å². The van der Waals surface area contributed by atoms with Crippen LogP contribution in [0.1, 0.15) is 92.6 Å². The first-order chi connectivity index (χ1) is 14.7. The van der Waals surface area contributed by atoms with Gasteiger partial charge in [0.2, 0.25) is 0 Å². The number of allylic oxidation sites excluding steroid dienone is 1. The Bertz CT molecular complexity index is 646. The van der Waals surface area contributed by atoms with Gasteiger partial charge >= 0.3 is 198 Å². The standard InChI is InChI=1S/C15H20BO2.3C4H9.Sn/c1-12(11-13-9-7-6-8-10-13)16-17-14(2,3)15(4,5)18-16;3*1-3-4-2;/h6-11H,1H2,2-5H3;3*1,3-4H2,2H3;/b12-11+;;;;. The fourth-order valence-corrected chi connectivity index (χ4v) is 21.0. The van der Waals surface area contributed by atoms with Crippen molar-refractivity contribution in [3.8, 4) is 0 Å². The molecule has 1 aliphatic rings. The summed E-state index contributed by atoms with van der Waals surface area (Å²) in [4.78, 5) is 0. The molecule has 0 amide bonds. The van der Waals surface area contributed by atoms with Gasteiger partial charge in [-0.1, -0.05) is 0 Å². The summed E-state index contributed by atoms with van der Waals surface area (Å²) in [7, 11) is -0.217. The van der Waals surface area contributed by atoms with E-state index in [4.69, 9.17) is 9.31 Å². The van der Waals surface area contributed by atoms with Gasteiger partial charge in [-0.05, 0) is 0 Å². The first-order valence-electron chi connectivity index (χ1n) is 12.8. The Labute approximate surface area is 197 Å². The molecule has 1 aromatic rings. The molecule has 1 aliphatic heterocycles. The molecule has 4 heteroatoms. The minimum absolute atomic E-state index is 0.217. The predicted molar refractivity (Wildman–Crippen MR) is 140 cm³/mol. The van der Waals surface area contributed by atoms with Gasteiger partial charge < -0.3 is 0 Å². The zero-order valence-electron chi connectivity index (χ0n) is 21.4. The maximum absolute atomic E-state index is 6.60. The van der Waals surface area contributed by atoms with E-state index in [0.717, 1.165) is 0 Å². The molecule has 1 aromatic carbocycles. The van der Waals surface area contributed by atoms with Crippen LogP contribution in [0.2, 0.25) is 17.7 Å². The van der Waals surface area contributed by atoms with Crippen molar-refractivity contribution in [3.63, 3.8) is 0 Å². The number of hydrogen-bond acceptors (Lipinski definition) is 2. The molecule has 0 unspecified atom stereocenters. The molecule has 1 saturated heterocycles. The van der Waals surface area contributed by atoms with E-state index in [1.165, 1.54) is 67.3 Å². The van der Waals surface area contributed by atoms with Gasteiger partial charge in [0.15, 0.2) is 0 Å². The number of hydrogen-bond donors (Lipinski definition) is 0. The SMILES string of the molecule is CCC[CH2][Sn]([CH2]CCC)([CH2]CCC)[CH2]/C(=C\c1ccccc1)B1OC(C)(C)C(C)(C)O1. The Morgan fingerprint density at radius 2 is 1.26 bits per heavy atom. The summed E-state index contributed by atoms with van der Waals surface area (Å²) < 4.78 is 19.0. The Hall–Kier alpha value is -0.256. The number of rotatable bonds is 13. The molecule has 0 aromatic heterocycles. The van der Waals surface area contributed by atoms with Gasteiger partial charge in [0.05, 0.1) is 0 Å². The van der Waals surface area contributed by atoms with E-state index in [0.29, 0.717) is 0 Å². The molecule has 2 rings (SSSR count). The van der Waals surface area contributed by atoms with Crippen molar-refractivity contribution in [2.75, 3.05) is 0 Å². The van der Waals surface area contributed by atoms with Crippen molar-refractivity contribution in [1.29, 1.82) is 0 Å². The van der Waals surface area contributed by atoms with E-state index in [1.54, 1.807) is 0 Å². The van der Waals surface area contributed by atoms with E-state index < -0.39 is 18.4 Å². The molecule has 0 spiro atoms. The third kappa shape index (κ3) is 7.64. The molecule has 0 bridgehead atoms. The van der Waals surface area contributed by atoms with Gasteiger partial charge in [0.1, 0.15) is 0 Å². The normalized spacial score (nSPS) is 18.5. The van der Waals surface area contributed by atoms with Crippen LogP contribution in [0, 0.1) is 0 Å². The molecule has 0 aliphatic carbocycles. The Kier molecular flexibility index (Phi) is 10.7. The van der Waals surface area contributed by atoms with E-state index in [-0.39, 0.29) is 18.3 Å². The first-order valence-corrected chi connectivity index (χ1v) is 20.9. The van der Waals surface area contributed by atoms with Gasteiger partial charge in [0, 0.05) is 0 Å². The molecule has 31 heavy (non-hydrogen) atoms. The van der Waals surface area contributed by atoms with Gasteiger partial charge in [0.25, 0.3) is 0 Å². The van der Waals surface area contributed by atoms with E-state index in [2.05, 4.69) is 84.9 Å². The molecular weight excluding hydrogens is 486 g/mol. The van der Waals surface area contributed by atoms with Crippen molar-refractivity contribution >= 4 is 31.6 Å². The van der Waals surface area contributed by atoms with Gasteiger partial charge in [-0.3, -0.25) is 0 Å². The Morgan fingerprint density at radius 3 is 1.68 bits per heavy atom. The molecule has 0 saturated carbocycles.